The van der Waals surface area contributed by atoms with Gasteiger partial charge in [0.05, 0.1) is 11.1 Å². The molecule has 0 saturated carbocycles. The van der Waals surface area contributed by atoms with Gasteiger partial charge in [0.1, 0.15) is 23.3 Å². The molecule has 0 N–H and O–H groups in total. The van der Waals surface area contributed by atoms with Crippen molar-refractivity contribution in [3.8, 4) is 45.5 Å². The highest BCUT2D eigenvalue weighted by atomic mass is 19.4. The van der Waals surface area contributed by atoms with Gasteiger partial charge >= 0.3 is 6.18 Å². The summed E-state index contributed by atoms with van der Waals surface area (Å²) in [5.74, 6) is -2.55. The van der Waals surface area contributed by atoms with Crippen molar-refractivity contribution in [2.24, 2.45) is 0 Å². The zero-order valence-electron chi connectivity index (χ0n) is 19.2. The molecule has 0 radical (unpaired) electrons. The Morgan fingerprint density at radius 1 is 0.703 bits per heavy atom. The zero-order chi connectivity index (χ0) is 26.7. The highest BCUT2D eigenvalue weighted by molar-refractivity contribution is 5.73. The molecule has 0 atom stereocenters. The van der Waals surface area contributed by atoms with Gasteiger partial charge in [-0.25, -0.2) is 27.5 Å². The van der Waals surface area contributed by atoms with E-state index in [4.69, 9.17) is 0 Å². The summed E-state index contributed by atoms with van der Waals surface area (Å²) in [6.07, 6.45) is 0.349. The van der Waals surface area contributed by atoms with Crippen molar-refractivity contribution >= 4 is 0 Å². The maximum atomic E-state index is 14.9. The molecule has 0 spiro atoms. The first-order valence-corrected chi connectivity index (χ1v) is 11.1. The molecule has 0 amide bonds. The molecule has 0 saturated heterocycles. The summed E-state index contributed by atoms with van der Waals surface area (Å²) >= 11 is 0. The summed E-state index contributed by atoms with van der Waals surface area (Å²) in [5, 5.41) is 0. The summed E-state index contributed by atoms with van der Waals surface area (Å²) in [6.45, 7) is 2.05. The van der Waals surface area contributed by atoms with E-state index in [9.17, 15) is 30.7 Å². The summed E-state index contributed by atoms with van der Waals surface area (Å²) in [6, 6.07) is 9.70. The molecule has 4 aromatic rings. The lowest BCUT2D eigenvalue weighted by Gasteiger charge is -2.11. The summed E-state index contributed by atoms with van der Waals surface area (Å²) in [4.78, 5) is 8.66. The Kier molecular flexibility index (Phi) is 7.30. The third-order valence-corrected chi connectivity index (χ3v) is 5.42. The second-order valence-electron chi connectivity index (χ2n) is 8.12. The van der Waals surface area contributed by atoms with Gasteiger partial charge in [-0.2, -0.15) is 13.2 Å². The fourth-order valence-electron chi connectivity index (χ4n) is 3.72. The second-order valence-corrected chi connectivity index (χ2v) is 8.12. The summed E-state index contributed by atoms with van der Waals surface area (Å²) < 4.78 is 95.1. The van der Waals surface area contributed by atoms with Gasteiger partial charge in [0.2, 0.25) is 0 Å². The molecule has 0 aliphatic rings. The number of aromatic nitrogens is 2. The Balaban J connectivity index is 1.63. The van der Waals surface area contributed by atoms with Gasteiger partial charge in [0.25, 0.3) is 0 Å². The van der Waals surface area contributed by atoms with Crippen molar-refractivity contribution in [1.29, 1.82) is 0 Å². The van der Waals surface area contributed by atoms with Gasteiger partial charge in [-0.3, -0.25) is 0 Å². The number of hydrogen-bond acceptors (Lipinski definition) is 2. The smallest absolute Gasteiger partial charge is 0.236 e. The van der Waals surface area contributed by atoms with Crippen LogP contribution < -0.4 is 0 Å². The highest BCUT2D eigenvalue weighted by Crippen LogP contribution is 2.33. The van der Waals surface area contributed by atoms with Gasteiger partial charge < -0.3 is 0 Å². The zero-order valence-corrected chi connectivity index (χ0v) is 19.2. The van der Waals surface area contributed by atoms with Crippen LogP contribution in [0.4, 0.5) is 30.7 Å². The molecule has 0 unspecified atom stereocenters. The van der Waals surface area contributed by atoms with Gasteiger partial charge in [0.15, 0.2) is 5.82 Å². The van der Waals surface area contributed by atoms with Crippen LogP contribution in [0.3, 0.4) is 0 Å². The van der Waals surface area contributed by atoms with Gasteiger partial charge in [-0.15, -0.1) is 0 Å². The average molecular weight is 514 g/mol. The van der Waals surface area contributed by atoms with Crippen LogP contribution in [-0.4, -0.2) is 16.1 Å². The van der Waals surface area contributed by atoms with Crippen LogP contribution >= 0.6 is 0 Å². The van der Waals surface area contributed by atoms with E-state index in [1.54, 1.807) is 36.7 Å². The molecule has 0 aliphatic carbocycles. The Morgan fingerprint density at radius 3 is 1.73 bits per heavy atom. The van der Waals surface area contributed by atoms with Crippen molar-refractivity contribution in [3.05, 3.63) is 95.3 Å². The fourth-order valence-corrected chi connectivity index (χ4v) is 3.72. The Bertz CT molecular complexity index is 1450. The van der Waals surface area contributed by atoms with Crippen LogP contribution in [0, 0.1) is 35.1 Å². The first-order chi connectivity index (χ1) is 17.6. The fraction of sp³-hybridized carbons (Fsp3) is 0.143. The third kappa shape index (κ3) is 5.97. The highest BCUT2D eigenvalue weighted by Gasteiger charge is 2.24. The van der Waals surface area contributed by atoms with E-state index in [1.807, 2.05) is 0 Å². The van der Waals surface area contributed by atoms with Crippen LogP contribution in [-0.2, 0) is 6.42 Å². The first-order valence-electron chi connectivity index (χ1n) is 11.1. The largest absolute Gasteiger partial charge is 0.458 e. The van der Waals surface area contributed by atoms with Crippen LogP contribution in [0.5, 0.6) is 0 Å². The SMILES string of the molecule is CCCc1cnc(-c2ccc(-c3cc(F)c(-c4cc(F)c(C#CC(F)(F)F)c(F)c4)c(F)c3)cc2)nc1. The maximum absolute atomic E-state index is 14.9. The normalized spacial score (nSPS) is 11.2. The third-order valence-electron chi connectivity index (χ3n) is 5.42. The molecule has 0 fully saturated rings. The monoisotopic (exact) mass is 514 g/mol. The lowest BCUT2D eigenvalue weighted by Crippen LogP contribution is -2.03. The molecule has 4 rings (SSSR count). The van der Waals surface area contributed by atoms with E-state index in [0.717, 1.165) is 36.5 Å². The molecule has 9 heteroatoms. The molecule has 3 aromatic carbocycles. The number of hydrogen-bond donors (Lipinski definition) is 0. The molecule has 1 aromatic heterocycles. The molecule has 0 aliphatic heterocycles. The second kappa shape index (κ2) is 10.4. The van der Waals surface area contributed by atoms with Crippen LogP contribution in [0.15, 0.2) is 60.9 Å². The molecule has 1 heterocycles. The van der Waals surface area contributed by atoms with E-state index < -0.39 is 46.1 Å². The van der Waals surface area contributed by atoms with Crippen molar-refractivity contribution in [2.45, 2.75) is 25.9 Å². The van der Waals surface area contributed by atoms with Gasteiger partial charge in [0, 0.05) is 23.9 Å². The molecule has 188 valence electrons. The standard InChI is InChI=1S/C28H17F7N2/c1-2-3-16-14-36-27(37-15-16)18-6-4-17(5-7-18)19-10-24(31)26(25(32)11-19)20-12-22(29)21(23(30)13-20)8-9-28(33,34)35/h4-7,10-15H,2-3H2,1H3. The van der Waals surface area contributed by atoms with Crippen molar-refractivity contribution in [3.63, 3.8) is 0 Å². The van der Waals surface area contributed by atoms with Crippen molar-refractivity contribution in [2.75, 3.05) is 0 Å². The molecular weight excluding hydrogens is 497 g/mol. The number of nitrogens with zero attached hydrogens (tertiary/aromatic N) is 2. The molecule has 37 heavy (non-hydrogen) atoms. The minimum atomic E-state index is -4.96. The van der Waals surface area contributed by atoms with E-state index in [1.165, 1.54) is 5.92 Å². The quantitative estimate of drug-likeness (QED) is 0.200. The number of halogens is 7. The summed E-state index contributed by atoms with van der Waals surface area (Å²) in [5.41, 5.74) is -0.0599. The van der Waals surface area contributed by atoms with Crippen LogP contribution in [0.2, 0.25) is 0 Å². The minimum Gasteiger partial charge on any atom is -0.236 e. The Morgan fingerprint density at radius 2 is 1.22 bits per heavy atom. The Labute approximate surface area is 207 Å². The van der Waals surface area contributed by atoms with Crippen molar-refractivity contribution in [1.82, 2.24) is 9.97 Å². The van der Waals surface area contributed by atoms with Crippen LogP contribution in [0.25, 0.3) is 33.6 Å². The lowest BCUT2D eigenvalue weighted by atomic mass is 9.97. The molecule has 0 bridgehead atoms. The average Bonchev–Trinajstić information content (AvgIpc) is 2.83. The number of benzene rings is 3. The molecule has 2 nitrogen and oxygen atoms in total. The summed E-state index contributed by atoms with van der Waals surface area (Å²) in [7, 11) is 0. The van der Waals surface area contributed by atoms with Crippen LogP contribution in [0.1, 0.15) is 24.5 Å². The van der Waals surface area contributed by atoms with Gasteiger partial charge in [-0.05, 0) is 52.9 Å². The maximum Gasteiger partial charge on any atom is 0.458 e. The van der Waals surface area contributed by atoms with Crippen molar-refractivity contribution < 1.29 is 30.7 Å². The van der Waals surface area contributed by atoms with E-state index in [2.05, 4.69) is 16.9 Å². The molecular formula is C28H17F7N2. The van der Waals surface area contributed by atoms with Gasteiger partial charge in [-0.1, -0.05) is 43.5 Å². The van der Waals surface area contributed by atoms with E-state index >= 15 is 0 Å². The predicted molar refractivity (Wildman–Crippen MR) is 125 cm³/mol. The predicted octanol–water partition coefficient (Wildman–Crippen LogP) is 7.90. The first kappa shape index (κ1) is 25.9. The minimum absolute atomic E-state index is 0.165. The number of aryl methyl sites for hydroxylation is 1. The number of alkyl halides is 3. The number of rotatable bonds is 5. The Hall–Kier alpha value is -4.19. The topological polar surface area (TPSA) is 25.8 Å². The van der Waals surface area contributed by atoms with E-state index in [-0.39, 0.29) is 5.56 Å². The van der Waals surface area contributed by atoms with E-state index in [0.29, 0.717) is 29.1 Å². The lowest BCUT2D eigenvalue weighted by molar-refractivity contribution is -0.0696.